The first-order valence-corrected chi connectivity index (χ1v) is 6.90. The molecule has 0 aliphatic carbocycles. The summed E-state index contributed by atoms with van der Waals surface area (Å²) in [6.07, 6.45) is 0.0960. The summed E-state index contributed by atoms with van der Waals surface area (Å²) in [5.74, 6) is 1.04. The highest BCUT2D eigenvalue weighted by molar-refractivity contribution is 5.85. The van der Waals surface area contributed by atoms with Crippen LogP contribution in [0.25, 0.3) is 0 Å². The molecule has 4 N–H and O–H groups in total. The molecular formula is C15H25ClN2O4. The lowest BCUT2D eigenvalue weighted by molar-refractivity contribution is -0.121. The monoisotopic (exact) mass is 332 g/mol. The van der Waals surface area contributed by atoms with Crippen molar-refractivity contribution < 1.29 is 19.4 Å². The molecule has 1 amide bonds. The second-order valence-corrected chi connectivity index (χ2v) is 4.94. The van der Waals surface area contributed by atoms with Crippen molar-refractivity contribution in [1.82, 2.24) is 5.32 Å². The van der Waals surface area contributed by atoms with Crippen LogP contribution >= 0.6 is 12.4 Å². The Balaban J connectivity index is 0.00000441. The second kappa shape index (κ2) is 10.3. The molecule has 0 aliphatic heterocycles. The molecule has 0 saturated heterocycles. The van der Waals surface area contributed by atoms with Crippen molar-refractivity contribution in [1.29, 1.82) is 0 Å². The minimum Gasteiger partial charge on any atom is -0.497 e. The molecule has 0 bridgehead atoms. The van der Waals surface area contributed by atoms with E-state index in [1.54, 1.807) is 25.3 Å². The summed E-state index contributed by atoms with van der Waals surface area (Å²) in [6.45, 7) is 1.96. The van der Waals surface area contributed by atoms with Gasteiger partial charge in [0.2, 0.25) is 5.91 Å². The number of halogens is 1. The lowest BCUT2D eigenvalue weighted by Crippen LogP contribution is -2.29. The molecule has 0 radical (unpaired) electrons. The Bertz CT molecular complexity index is 469. The van der Waals surface area contributed by atoms with Crippen LogP contribution in [0.4, 0.5) is 0 Å². The molecule has 2 atom stereocenters. The van der Waals surface area contributed by atoms with Gasteiger partial charge in [0.25, 0.3) is 0 Å². The summed E-state index contributed by atoms with van der Waals surface area (Å²) in [7, 11) is 3.08. The van der Waals surface area contributed by atoms with Crippen molar-refractivity contribution in [2.75, 3.05) is 20.8 Å². The number of aliphatic hydroxyl groups is 1. The Hall–Kier alpha value is -1.50. The Kier molecular flexibility index (Phi) is 9.56. The van der Waals surface area contributed by atoms with Crippen molar-refractivity contribution in [3.05, 3.63) is 23.8 Å². The highest BCUT2D eigenvalue weighted by Crippen LogP contribution is 2.29. The molecule has 1 aromatic rings. The summed E-state index contributed by atoms with van der Waals surface area (Å²) < 4.78 is 10.3. The van der Waals surface area contributed by atoms with Gasteiger partial charge >= 0.3 is 0 Å². The van der Waals surface area contributed by atoms with Crippen molar-refractivity contribution in [2.24, 2.45) is 5.73 Å². The maximum absolute atomic E-state index is 11.6. The summed E-state index contributed by atoms with van der Waals surface area (Å²) in [5.41, 5.74) is 6.17. The van der Waals surface area contributed by atoms with Crippen LogP contribution in [0, 0.1) is 0 Å². The third-order valence-electron chi connectivity index (χ3n) is 3.12. The van der Waals surface area contributed by atoms with Crippen LogP contribution in [0.15, 0.2) is 18.2 Å². The predicted octanol–water partition coefficient (Wildman–Crippen LogP) is 1.40. The molecule has 126 valence electrons. The van der Waals surface area contributed by atoms with Gasteiger partial charge in [0, 0.05) is 24.6 Å². The summed E-state index contributed by atoms with van der Waals surface area (Å²) in [5, 5.41) is 12.9. The van der Waals surface area contributed by atoms with Gasteiger partial charge in [-0.25, -0.2) is 0 Å². The minimum absolute atomic E-state index is 0. The van der Waals surface area contributed by atoms with Gasteiger partial charge in [0.05, 0.1) is 20.3 Å². The van der Waals surface area contributed by atoms with Gasteiger partial charge in [-0.2, -0.15) is 0 Å². The fourth-order valence-corrected chi connectivity index (χ4v) is 1.87. The van der Waals surface area contributed by atoms with Crippen molar-refractivity contribution in [3.63, 3.8) is 0 Å². The SMILES string of the molecule is COc1ccc(OC)c(C(O)CNC(=O)CCC(C)N)c1.Cl. The number of nitrogens with one attached hydrogen (secondary N) is 1. The van der Waals surface area contributed by atoms with E-state index in [1.165, 1.54) is 7.11 Å². The van der Waals surface area contributed by atoms with E-state index in [0.29, 0.717) is 29.9 Å². The molecule has 2 unspecified atom stereocenters. The normalized spacial score (nSPS) is 12.8. The Morgan fingerprint density at radius 2 is 2.05 bits per heavy atom. The van der Waals surface area contributed by atoms with Crippen LogP contribution < -0.4 is 20.5 Å². The highest BCUT2D eigenvalue weighted by Gasteiger charge is 2.15. The molecule has 0 heterocycles. The van der Waals surface area contributed by atoms with Gasteiger partial charge in [0.1, 0.15) is 11.5 Å². The second-order valence-electron chi connectivity index (χ2n) is 4.94. The predicted molar refractivity (Wildman–Crippen MR) is 87.6 cm³/mol. The van der Waals surface area contributed by atoms with E-state index in [2.05, 4.69) is 5.32 Å². The first-order valence-electron chi connectivity index (χ1n) is 6.90. The first-order chi connectivity index (χ1) is 9.97. The fourth-order valence-electron chi connectivity index (χ4n) is 1.87. The largest absolute Gasteiger partial charge is 0.497 e. The number of benzene rings is 1. The number of hydrogen-bond acceptors (Lipinski definition) is 5. The number of methoxy groups -OCH3 is 2. The van der Waals surface area contributed by atoms with Crippen LogP contribution in [0.2, 0.25) is 0 Å². The third-order valence-corrected chi connectivity index (χ3v) is 3.12. The summed E-state index contributed by atoms with van der Waals surface area (Å²) in [6, 6.07) is 5.14. The highest BCUT2D eigenvalue weighted by atomic mass is 35.5. The molecule has 7 heteroatoms. The van der Waals surface area contributed by atoms with E-state index < -0.39 is 6.10 Å². The molecule has 0 aromatic heterocycles. The lowest BCUT2D eigenvalue weighted by atomic mass is 10.1. The molecule has 0 fully saturated rings. The third kappa shape index (κ3) is 6.51. The Labute approximate surface area is 137 Å². The molecule has 0 saturated carbocycles. The number of hydrogen-bond donors (Lipinski definition) is 3. The number of amides is 1. The van der Waals surface area contributed by atoms with Gasteiger partial charge in [-0.15, -0.1) is 12.4 Å². The van der Waals surface area contributed by atoms with Crippen molar-refractivity contribution >= 4 is 18.3 Å². The lowest BCUT2D eigenvalue weighted by Gasteiger charge is -2.16. The number of aliphatic hydroxyl groups excluding tert-OH is 1. The zero-order valence-electron chi connectivity index (χ0n) is 13.2. The smallest absolute Gasteiger partial charge is 0.220 e. The number of rotatable bonds is 8. The minimum atomic E-state index is -0.866. The number of nitrogens with two attached hydrogens (primary N) is 1. The number of carbonyl (C=O) groups excluding carboxylic acids is 1. The van der Waals surface area contributed by atoms with Gasteiger partial charge in [-0.1, -0.05) is 0 Å². The van der Waals surface area contributed by atoms with Gasteiger partial charge in [-0.3, -0.25) is 4.79 Å². The number of carbonyl (C=O) groups is 1. The zero-order valence-corrected chi connectivity index (χ0v) is 14.0. The van der Waals surface area contributed by atoms with E-state index in [4.69, 9.17) is 15.2 Å². The Morgan fingerprint density at radius 3 is 2.59 bits per heavy atom. The topological polar surface area (TPSA) is 93.8 Å². The van der Waals surface area contributed by atoms with E-state index in [1.807, 2.05) is 6.92 Å². The first kappa shape index (κ1) is 20.5. The van der Waals surface area contributed by atoms with Crippen molar-refractivity contribution in [2.45, 2.75) is 31.9 Å². The zero-order chi connectivity index (χ0) is 15.8. The average molecular weight is 333 g/mol. The van der Waals surface area contributed by atoms with Crippen molar-refractivity contribution in [3.8, 4) is 11.5 Å². The van der Waals surface area contributed by atoms with Crippen LogP contribution in [0.1, 0.15) is 31.4 Å². The molecule has 1 aromatic carbocycles. The summed E-state index contributed by atoms with van der Waals surface area (Å²) in [4.78, 5) is 11.6. The maximum Gasteiger partial charge on any atom is 0.220 e. The van der Waals surface area contributed by atoms with Crippen LogP contribution in [0.3, 0.4) is 0 Å². The van der Waals surface area contributed by atoms with Gasteiger partial charge in [-0.05, 0) is 31.5 Å². The molecule has 6 nitrogen and oxygen atoms in total. The van der Waals surface area contributed by atoms with E-state index >= 15 is 0 Å². The quantitative estimate of drug-likeness (QED) is 0.669. The van der Waals surface area contributed by atoms with Crippen LogP contribution in [0.5, 0.6) is 11.5 Å². The average Bonchev–Trinajstić information content (AvgIpc) is 2.49. The summed E-state index contributed by atoms with van der Waals surface area (Å²) >= 11 is 0. The molecule has 22 heavy (non-hydrogen) atoms. The van der Waals surface area contributed by atoms with Crippen LogP contribution in [-0.2, 0) is 4.79 Å². The van der Waals surface area contributed by atoms with E-state index in [0.717, 1.165) is 0 Å². The van der Waals surface area contributed by atoms with E-state index in [9.17, 15) is 9.90 Å². The molecule has 0 spiro atoms. The van der Waals surface area contributed by atoms with Gasteiger partial charge in [0.15, 0.2) is 0 Å². The molecular weight excluding hydrogens is 308 g/mol. The van der Waals surface area contributed by atoms with Crippen LogP contribution in [-0.4, -0.2) is 37.8 Å². The molecule has 1 rings (SSSR count). The fraction of sp³-hybridized carbons (Fsp3) is 0.533. The maximum atomic E-state index is 11.6. The Morgan fingerprint density at radius 1 is 1.36 bits per heavy atom. The standard InChI is InChI=1S/C15H24N2O4.ClH/c1-10(16)4-7-15(19)17-9-13(18)12-8-11(20-2)5-6-14(12)21-3;/h5-6,8,10,13,18H,4,7,9,16H2,1-3H3,(H,17,19);1H. The van der Waals surface area contributed by atoms with E-state index in [-0.39, 0.29) is 30.9 Å². The number of ether oxygens (including phenoxy) is 2. The molecule has 0 aliphatic rings. The van der Waals surface area contributed by atoms with Gasteiger partial charge < -0.3 is 25.6 Å².